The van der Waals surface area contributed by atoms with Crippen molar-refractivity contribution < 1.29 is 4.79 Å². The van der Waals surface area contributed by atoms with Crippen LogP contribution in [-0.2, 0) is 4.79 Å². The van der Waals surface area contributed by atoms with Gasteiger partial charge in [-0.05, 0) is 38.0 Å². The van der Waals surface area contributed by atoms with E-state index in [4.69, 9.17) is 0 Å². The molecular formula is C18H23N5OS3. The van der Waals surface area contributed by atoms with Crippen LogP contribution in [0.5, 0.6) is 0 Å². The Morgan fingerprint density at radius 3 is 2.59 bits per heavy atom. The topological polar surface area (TPSA) is 83.6 Å². The fraction of sp³-hybridized carbons (Fsp3) is 0.556. The van der Waals surface area contributed by atoms with Crippen molar-refractivity contribution in [1.82, 2.24) is 14.8 Å². The maximum absolute atomic E-state index is 12.6. The van der Waals surface area contributed by atoms with Crippen LogP contribution >= 0.6 is 34.9 Å². The Balaban J connectivity index is 1.72. The first kappa shape index (κ1) is 20.2. The SMILES string of the molecule is CCSc1nnc(SCC(=O)Nc2c(C#N)c(C)c(C)n2C2CCCC2)s1. The Hall–Kier alpha value is -1.50. The van der Waals surface area contributed by atoms with E-state index in [0.717, 1.165) is 38.5 Å². The number of carbonyl (C=O) groups is 1. The highest BCUT2D eigenvalue weighted by Crippen LogP contribution is 2.38. The van der Waals surface area contributed by atoms with Crippen molar-refractivity contribution in [2.75, 3.05) is 16.8 Å². The van der Waals surface area contributed by atoms with Crippen LogP contribution in [0.25, 0.3) is 0 Å². The normalized spacial score (nSPS) is 14.4. The molecule has 27 heavy (non-hydrogen) atoms. The standard InChI is InChI=1S/C18H23N5OS3/c1-4-25-17-21-22-18(27-17)26-10-15(24)20-16-14(9-19)11(2)12(3)23(16)13-7-5-6-8-13/h13H,4-8,10H2,1-3H3,(H,20,24). The predicted octanol–water partition coefficient (Wildman–Crippen LogP) is 4.79. The molecule has 2 aromatic rings. The molecule has 9 heteroatoms. The Labute approximate surface area is 172 Å². The molecule has 2 heterocycles. The number of carbonyl (C=O) groups excluding carboxylic acids is 1. The zero-order valence-electron chi connectivity index (χ0n) is 15.7. The number of thioether (sulfide) groups is 2. The van der Waals surface area contributed by atoms with Gasteiger partial charge >= 0.3 is 0 Å². The minimum absolute atomic E-state index is 0.117. The third-order valence-electron chi connectivity index (χ3n) is 4.80. The molecule has 1 saturated carbocycles. The van der Waals surface area contributed by atoms with E-state index in [9.17, 15) is 10.1 Å². The molecule has 0 radical (unpaired) electrons. The molecule has 0 aliphatic heterocycles. The van der Waals surface area contributed by atoms with Gasteiger partial charge in [0.05, 0.1) is 11.3 Å². The van der Waals surface area contributed by atoms with Gasteiger partial charge in [0.1, 0.15) is 11.9 Å². The molecule has 0 spiro atoms. The van der Waals surface area contributed by atoms with E-state index < -0.39 is 0 Å². The molecule has 1 aliphatic carbocycles. The second kappa shape index (κ2) is 9.13. The van der Waals surface area contributed by atoms with Gasteiger partial charge in [0, 0.05) is 11.7 Å². The van der Waals surface area contributed by atoms with E-state index >= 15 is 0 Å². The van der Waals surface area contributed by atoms with Crippen molar-refractivity contribution in [2.45, 2.75) is 61.2 Å². The van der Waals surface area contributed by atoms with E-state index in [0.29, 0.717) is 17.4 Å². The lowest BCUT2D eigenvalue weighted by Crippen LogP contribution is -2.19. The molecule has 2 aromatic heterocycles. The Bertz CT molecular complexity index is 861. The van der Waals surface area contributed by atoms with Crippen LogP contribution in [0.15, 0.2) is 8.68 Å². The van der Waals surface area contributed by atoms with Gasteiger partial charge in [0.2, 0.25) is 5.91 Å². The van der Waals surface area contributed by atoms with Crippen LogP contribution in [0.2, 0.25) is 0 Å². The number of hydrogen-bond donors (Lipinski definition) is 1. The lowest BCUT2D eigenvalue weighted by molar-refractivity contribution is -0.113. The van der Waals surface area contributed by atoms with Crippen LogP contribution in [0.1, 0.15) is 55.5 Å². The van der Waals surface area contributed by atoms with Crippen molar-refractivity contribution in [2.24, 2.45) is 0 Å². The number of nitriles is 1. The second-order valence-corrected chi connectivity index (χ2v) is 10.2. The fourth-order valence-corrected chi connectivity index (χ4v) is 6.16. The number of nitrogens with one attached hydrogen (secondary N) is 1. The quantitative estimate of drug-likeness (QED) is 0.647. The summed E-state index contributed by atoms with van der Waals surface area (Å²) in [7, 11) is 0. The fourth-order valence-electron chi connectivity index (χ4n) is 3.44. The third-order valence-corrected chi connectivity index (χ3v) is 7.87. The van der Waals surface area contributed by atoms with Crippen LogP contribution in [0, 0.1) is 25.2 Å². The number of rotatable bonds is 7. The molecule has 6 nitrogen and oxygen atoms in total. The summed E-state index contributed by atoms with van der Waals surface area (Å²) in [5.41, 5.74) is 2.61. The number of aromatic nitrogens is 3. The summed E-state index contributed by atoms with van der Waals surface area (Å²) in [4.78, 5) is 12.6. The van der Waals surface area contributed by atoms with E-state index in [1.54, 1.807) is 11.8 Å². The van der Waals surface area contributed by atoms with Crippen LogP contribution in [0.4, 0.5) is 5.82 Å². The summed E-state index contributed by atoms with van der Waals surface area (Å²) in [6, 6.07) is 2.65. The van der Waals surface area contributed by atoms with E-state index in [1.807, 2.05) is 13.8 Å². The minimum atomic E-state index is -0.117. The van der Waals surface area contributed by atoms with Gasteiger partial charge in [-0.2, -0.15) is 5.26 Å². The Kier molecular flexibility index (Phi) is 6.84. The minimum Gasteiger partial charge on any atom is -0.327 e. The summed E-state index contributed by atoms with van der Waals surface area (Å²) in [5, 5.41) is 20.8. The van der Waals surface area contributed by atoms with E-state index in [1.165, 1.54) is 35.9 Å². The van der Waals surface area contributed by atoms with E-state index in [-0.39, 0.29) is 11.7 Å². The monoisotopic (exact) mass is 421 g/mol. The number of nitrogens with zero attached hydrogens (tertiary/aromatic N) is 4. The van der Waals surface area contributed by atoms with Gasteiger partial charge in [-0.1, -0.05) is 54.6 Å². The zero-order valence-corrected chi connectivity index (χ0v) is 18.2. The number of amides is 1. The van der Waals surface area contributed by atoms with Crippen molar-refractivity contribution in [1.29, 1.82) is 5.26 Å². The molecule has 144 valence electrons. The van der Waals surface area contributed by atoms with Crippen LogP contribution in [0.3, 0.4) is 0 Å². The first-order valence-electron chi connectivity index (χ1n) is 9.05. The van der Waals surface area contributed by atoms with Crippen molar-refractivity contribution in [3.63, 3.8) is 0 Å². The van der Waals surface area contributed by atoms with Gasteiger partial charge < -0.3 is 9.88 Å². The highest BCUT2D eigenvalue weighted by Gasteiger charge is 2.26. The largest absolute Gasteiger partial charge is 0.327 e. The molecule has 1 N–H and O–H groups in total. The molecule has 1 amide bonds. The van der Waals surface area contributed by atoms with Crippen LogP contribution in [-0.4, -0.2) is 32.2 Å². The average Bonchev–Trinajstić information content (AvgIpc) is 3.36. The summed E-state index contributed by atoms with van der Waals surface area (Å²) in [6.07, 6.45) is 4.59. The summed E-state index contributed by atoms with van der Waals surface area (Å²) < 4.78 is 3.89. The smallest absolute Gasteiger partial charge is 0.235 e. The maximum atomic E-state index is 12.6. The maximum Gasteiger partial charge on any atom is 0.235 e. The molecular weight excluding hydrogens is 398 g/mol. The predicted molar refractivity (Wildman–Crippen MR) is 112 cm³/mol. The average molecular weight is 422 g/mol. The highest BCUT2D eigenvalue weighted by molar-refractivity contribution is 8.03. The molecule has 0 saturated heterocycles. The van der Waals surface area contributed by atoms with Crippen molar-refractivity contribution in [3.8, 4) is 6.07 Å². The number of hydrogen-bond acceptors (Lipinski definition) is 7. The Morgan fingerprint density at radius 1 is 1.30 bits per heavy atom. The van der Waals surface area contributed by atoms with Crippen molar-refractivity contribution >= 4 is 46.6 Å². The molecule has 3 rings (SSSR count). The highest BCUT2D eigenvalue weighted by atomic mass is 32.2. The molecule has 0 aromatic carbocycles. The zero-order chi connectivity index (χ0) is 19.4. The van der Waals surface area contributed by atoms with Gasteiger partial charge in [-0.3, -0.25) is 4.79 Å². The van der Waals surface area contributed by atoms with Crippen molar-refractivity contribution in [3.05, 3.63) is 16.8 Å². The molecule has 0 bridgehead atoms. The summed E-state index contributed by atoms with van der Waals surface area (Å²) in [5.74, 6) is 1.75. The van der Waals surface area contributed by atoms with Gasteiger partial charge in [-0.15, -0.1) is 10.2 Å². The summed E-state index contributed by atoms with van der Waals surface area (Å²) in [6.45, 7) is 6.06. The summed E-state index contributed by atoms with van der Waals surface area (Å²) >= 11 is 4.54. The lowest BCUT2D eigenvalue weighted by atomic mass is 10.2. The van der Waals surface area contributed by atoms with E-state index in [2.05, 4.69) is 33.1 Å². The first-order valence-corrected chi connectivity index (χ1v) is 11.8. The molecule has 1 aliphatic rings. The second-order valence-electron chi connectivity index (χ2n) is 6.46. The molecule has 0 atom stereocenters. The lowest BCUT2D eigenvalue weighted by Gasteiger charge is -2.19. The molecule has 0 unspecified atom stereocenters. The van der Waals surface area contributed by atoms with Gasteiger partial charge in [0.25, 0.3) is 0 Å². The third kappa shape index (κ3) is 4.50. The number of anilines is 1. The first-order chi connectivity index (χ1) is 13.0. The van der Waals surface area contributed by atoms with Gasteiger partial charge in [-0.25, -0.2) is 0 Å². The molecule has 1 fully saturated rings. The van der Waals surface area contributed by atoms with Gasteiger partial charge in [0.15, 0.2) is 8.68 Å². The van der Waals surface area contributed by atoms with Crippen LogP contribution < -0.4 is 5.32 Å². The Morgan fingerprint density at radius 2 is 1.96 bits per heavy atom.